The fourth-order valence-electron chi connectivity index (χ4n) is 1.16. The molecule has 4 N–H and O–H groups in total. The Morgan fingerprint density at radius 1 is 1.28 bits per heavy atom. The molecule has 0 spiro atoms. The SMILES string of the molecule is C=C(C)CNC(=O)N[C@H](CCCC(=O)O)C(=O)O. The Bertz CT molecular complexity index is 340. The summed E-state index contributed by atoms with van der Waals surface area (Å²) >= 11 is 0. The van der Waals surface area contributed by atoms with Crippen LogP contribution in [0.2, 0.25) is 0 Å². The van der Waals surface area contributed by atoms with Gasteiger partial charge in [0.25, 0.3) is 0 Å². The normalized spacial score (nSPS) is 11.4. The second kappa shape index (κ2) is 8.10. The van der Waals surface area contributed by atoms with Gasteiger partial charge in [0, 0.05) is 13.0 Å². The van der Waals surface area contributed by atoms with Crippen LogP contribution in [-0.2, 0) is 9.59 Å². The van der Waals surface area contributed by atoms with E-state index in [0.717, 1.165) is 5.57 Å². The Kier molecular flexibility index (Phi) is 7.18. The van der Waals surface area contributed by atoms with Gasteiger partial charge in [0.05, 0.1) is 0 Å². The van der Waals surface area contributed by atoms with Gasteiger partial charge in [0.1, 0.15) is 6.04 Å². The molecule has 0 rings (SSSR count). The van der Waals surface area contributed by atoms with Crippen molar-refractivity contribution in [2.75, 3.05) is 6.54 Å². The van der Waals surface area contributed by atoms with Crippen LogP contribution in [0, 0.1) is 0 Å². The van der Waals surface area contributed by atoms with Gasteiger partial charge in [0.2, 0.25) is 0 Å². The number of carboxylic acids is 2. The number of rotatable bonds is 8. The second-order valence-electron chi connectivity index (χ2n) is 3.96. The first kappa shape index (κ1) is 16.0. The number of carbonyl (C=O) groups excluding carboxylic acids is 1. The first-order valence-electron chi connectivity index (χ1n) is 5.46. The number of urea groups is 1. The van der Waals surface area contributed by atoms with E-state index in [2.05, 4.69) is 17.2 Å². The molecule has 18 heavy (non-hydrogen) atoms. The maximum absolute atomic E-state index is 11.3. The monoisotopic (exact) mass is 258 g/mol. The molecule has 0 aliphatic rings. The van der Waals surface area contributed by atoms with Crippen molar-refractivity contribution in [1.82, 2.24) is 10.6 Å². The summed E-state index contributed by atoms with van der Waals surface area (Å²) in [6.45, 7) is 5.57. The minimum atomic E-state index is -1.19. The van der Waals surface area contributed by atoms with E-state index in [1.807, 2.05) is 0 Å². The van der Waals surface area contributed by atoms with Crippen LogP contribution < -0.4 is 10.6 Å². The van der Waals surface area contributed by atoms with Crippen molar-refractivity contribution in [3.63, 3.8) is 0 Å². The molecule has 0 aromatic carbocycles. The van der Waals surface area contributed by atoms with Gasteiger partial charge in [-0.2, -0.15) is 0 Å². The van der Waals surface area contributed by atoms with Crippen molar-refractivity contribution in [2.45, 2.75) is 32.2 Å². The molecule has 0 unspecified atom stereocenters. The fraction of sp³-hybridized carbons (Fsp3) is 0.545. The average Bonchev–Trinajstić information content (AvgIpc) is 2.24. The zero-order valence-corrected chi connectivity index (χ0v) is 10.2. The van der Waals surface area contributed by atoms with Gasteiger partial charge in [-0.05, 0) is 19.8 Å². The van der Waals surface area contributed by atoms with Crippen molar-refractivity contribution in [2.24, 2.45) is 0 Å². The molecule has 0 bridgehead atoms. The molecular weight excluding hydrogens is 240 g/mol. The van der Waals surface area contributed by atoms with Crippen LogP contribution in [-0.4, -0.2) is 40.8 Å². The van der Waals surface area contributed by atoms with Crippen LogP contribution in [0.15, 0.2) is 12.2 Å². The van der Waals surface area contributed by atoms with Gasteiger partial charge >= 0.3 is 18.0 Å². The molecule has 0 saturated carbocycles. The molecule has 7 heteroatoms. The van der Waals surface area contributed by atoms with Crippen LogP contribution >= 0.6 is 0 Å². The van der Waals surface area contributed by atoms with Crippen LogP contribution in [0.5, 0.6) is 0 Å². The molecule has 2 amide bonds. The van der Waals surface area contributed by atoms with Gasteiger partial charge in [-0.3, -0.25) is 4.79 Å². The zero-order valence-electron chi connectivity index (χ0n) is 10.2. The van der Waals surface area contributed by atoms with Crippen molar-refractivity contribution in [1.29, 1.82) is 0 Å². The highest BCUT2D eigenvalue weighted by Gasteiger charge is 2.19. The van der Waals surface area contributed by atoms with Crippen LogP contribution in [0.1, 0.15) is 26.2 Å². The fourth-order valence-corrected chi connectivity index (χ4v) is 1.16. The molecular formula is C11H18N2O5. The molecule has 0 aromatic rings. The molecule has 0 heterocycles. The van der Waals surface area contributed by atoms with Crippen molar-refractivity contribution < 1.29 is 24.6 Å². The molecule has 0 aromatic heterocycles. The Labute approximate surface area is 105 Å². The van der Waals surface area contributed by atoms with E-state index in [-0.39, 0.29) is 25.8 Å². The standard InChI is InChI=1S/C11H18N2O5/c1-7(2)6-12-11(18)13-8(10(16)17)4-3-5-9(14)15/h8H,1,3-6H2,2H3,(H,14,15)(H,16,17)(H2,12,13,18)/t8-/m1/s1. The van der Waals surface area contributed by atoms with Gasteiger partial charge in [-0.1, -0.05) is 12.2 Å². The van der Waals surface area contributed by atoms with E-state index in [1.165, 1.54) is 0 Å². The van der Waals surface area contributed by atoms with E-state index in [0.29, 0.717) is 0 Å². The first-order valence-corrected chi connectivity index (χ1v) is 5.46. The largest absolute Gasteiger partial charge is 0.481 e. The number of amides is 2. The van der Waals surface area contributed by atoms with E-state index in [9.17, 15) is 14.4 Å². The predicted octanol–water partition coefficient (Wildman–Crippen LogP) is 0.570. The summed E-state index contributed by atoms with van der Waals surface area (Å²) in [5.74, 6) is -2.18. The molecule has 0 saturated heterocycles. The van der Waals surface area contributed by atoms with E-state index >= 15 is 0 Å². The highest BCUT2D eigenvalue weighted by Crippen LogP contribution is 2.01. The lowest BCUT2D eigenvalue weighted by atomic mass is 10.1. The number of nitrogens with one attached hydrogen (secondary N) is 2. The van der Waals surface area contributed by atoms with Gasteiger partial charge in [0.15, 0.2) is 0 Å². The number of carbonyl (C=O) groups is 3. The summed E-state index contributed by atoms with van der Waals surface area (Å²) in [6.07, 6.45) is 0.133. The van der Waals surface area contributed by atoms with Crippen LogP contribution in [0.25, 0.3) is 0 Å². The highest BCUT2D eigenvalue weighted by molar-refractivity contribution is 5.82. The average molecular weight is 258 g/mol. The predicted molar refractivity (Wildman–Crippen MR) is 64.3 cm³/mol. The summed E-state index contributed by atoms with van der Waals surface area (Å²) in [6, 6.07) is -1.70. The minimum absolute atomic E-state index is 0.0716. The van der Waals surface area contributed by atoms with Crippen molar-refractivity contribution in [3.8, 4) is 0 Å². The number of hydrogen-bond donors (Lipinski definition) is 4. The summed E-state index contributed by atoms with van der Waals surface area (Å²) in [5.41, 5.74) is 0.739. The topological polar surface area (TPSA) is 116 Å². The summed E-state index contributed by atoms with van der Waals surface area (Å²) in [5, 5.41) is 22.0. The Morgan fingerprint density at radius 3 is 2.33 bits per heavy atom. The zero-order chi connectivity index (χ0) is 14.1. The molecule has 7 nitrogen and oxygen atoms in total. The van der Waals surface area contributed by atoms with E-state index < -0.39 is 24.0 Å². The third kappa shape index (κ3) is 8.14. The van der Waals surface area contributed by atoms with Crippen LogP contribution in [0.4, 0.5) is 4.79 Å². The lowest BCUT2D eigenvalue weighted by Gasteiger charge is -2.14. The molecule has 0 radical (unpaired) electrons. The Morgan fingerprint density at radius 2 is 1.89 bits per heavy atom. The lowest BCUT2D eigenvalue weighted by molar-refractivity contribution is -0.140. The first-order chi connectivity index (χ1) is 8.32. The van der Waals surface area contributed by atoms with Crippen LogP contribution in [0.3, 0.4) is 0 Å². The minimum Gasteiger partial charge on any atom is -0.481 e. The maximum atomic E-state index is 11.3. The third-order valence-electron chi connectivity index (χ3n) is 2.04. The Hall–Kier alpha value is -2.05. The smallest absolute Gasteiger partial charge is 0.326 e. The summed E-state index contributed by atoms with van der Waals surface area (Å²) < 4.78 is 0. The molecule has 102 valence electrons. The summed E-state index contributed by atoms with van der Waals surface area (Å²) in [4.78, 5) is 32.5. The van der Waals surface area contributed by atoms with Gasteiger partial charge < -0.3 is 20.8 Å². The van der Waals surface area contributed by atoms with Gasteiger partial charge in [-0.25, -0.2) is 9.59 Å². The number of hydrogen-bond acceptors (Lipinski definition) is 3. The molecule has 0 aliphatic carbocycles. The number of carboxylic acid groups (broad SMARTS) is 2. The second-order valence-corrected chi connectivity index (χ2v) is 3.96. The summed E-state index contributed by atoms with van der Waals surface area (Å²) in [7, 11) is 0. The lowest BCUT2D eigenvalue weighted by Crippen LogP contribution is -2.46. The van der Waals surface area contributed by atoms with E-state index in [1.54, 1.807) is 6.92 Å². The Balaban J connectivity index is 4.10. The maximum Gasteiger partial charge on any atom is 0.326 e. The van der Waals surface area contributed by atoms with Crippen molar-refractivity contribution in [3.05, 3.63) is 12.2 Å². The highest BCUT2D eigenvalue weighted by atomic mass is 16.4. The van der Waals surface area contributed by atoms with Gasteiger partial charge in [-0.15, -0.1) is 0 Å². The van der Waals surface area contributed by atoms with Crippen molar-refractivity contribution >= 4 is 18.0 Å². The molecule has 0 aliphatic heterocycles. The molecule has 0 fully saturated rings. The quantitative estimate of drug-likeness (QED) is 0.475. The molecule has 1 atom stereocenters. The third-order valence-corrected chi connectivity index (χ3v) is 2.04. The number of aliphatic carboxylic acids is 2. The van der Waals surface area contributed by atoms with E-state index in [4.69, 9.17) is 10.2 Å².